The minimum atomic E-state index is 0.191. The lowest BCUT2D eigenvalue weighted by Crippen LogP contribution is -2.39. The molecule has 2 fully saturated rings. The molecule has 2 bridgehead atoms. The van der Waals surface area contributed by atoms with Crippen LogP contribution in [0.1, 0.15) is 82.8 Å². The van der Waals surface area contributed by atoms with Gasteiger partial charge in [0.05, 0.1) is 0 Å². The van der Waals surface area contributed by atoms with E-state index in [0.29, 0.717) is 36.3 Å². The van der Waals surface area contributed by atoms with Gasteiger partial charge in [0.25, 0.3) is 0 Å². The second kappa shape index (κ2) is 7.26. The molecule has 24 heavy (non-hydrogen) atoms. The fourth-order valence-corrected chi connectivity index (χ4v) is 4.49. The molecule has 0 saturated carbocycles. The molecule has 2 atom stereocenters. The molecule has 0 aliphatic carbocycles. The van der Waals surface area contributed by atoms with Crippen LogP contribution in [0.25, 0.3) is 0 Å². The first-order valence-electron chi connectivity index (χ1n) is 9.62. The van der Waals surface area contributed by atoms with Crippen molar-refractivity contribution in [1.82, 2.24) is 5.32 Å². The Kier molecular flexibility index (Phi) is 5.29. The molecule has 1 aromatic carbocycles. The van der Waals surface area contributed by atoms with E-state index in [2.05, 4.69) is 56.5 Å². The Morgan fingerprint density at radius 2 is 1.62 bits per heavy atom. The summed E-state index contributed by atoms with van der Waals surface area (Å²) in [4.78, 5) is 12.7. The van der Waals surface area contributed by atoms with E-state index in [-0.39, 0.29) is 5.91 Å². The standard InChI is InChI=1S/C21H32N2O/c1-13(2)18-6-5-7-19(14(3)4)21(18)23-20(24)12-15-10-16-8-9-17(11-15)22-16/h5-7,13-17,22H,8-12H2,1-4H3,(H,23,24). The van der Waals surface area contributed by atoms with Crippen molar-refractivity contribution in [2.75, 3.05) is 5.32 Å². The van der Waals surface area contributed by atoms with Crippen LogP contribution < -0.4 is 10.6 Å². The van der Waals surface area contributed by atoms with Crippen molar-refractivity contribution in [1.29, 1.82) is 0 Å². The number of hydrogen-bond donors (Lipinski definition) is 2. The first-order valence-corrected chi connectivity index (χ1v) is 9.62. The molecule has 2 unspecified atom stereocenters. The summed E-state index contributed by atoms with van der Waals surface area (Å²) in [5.41, 5.74) is 3.56. The van der Waals surface area contributed by atoms with Gasteiger partial charge in [0, 0.05) is 24.2 Å². The Morgan fingerprint density at radius 3 is 2.12 bits per heavy atom. The van der Waals surface area contributed by atoms with Crippen molar-refractivity contribution in [2.24, 2.45) is 5.92 Å². The summed E-state index contributed by atoms with van der Waals surface area (Å²) in [6, 6.07) is 7.71. The topological polar surface area (TPSA) is 41.1 Å². The third-order valence-corrected chi connectivity index (χ3v) is 5.68. The number of amides is 1. The zero-order valence-electron chi connectivity index (χ0n) is 15.6. The quantitative estimate of drug-likeness (QED) is 0.815. The summed E-state index contributed by atoms with van der Waals surface area (Å²) < 4.78 is 0. The molecule has 132 valence electrons. The predicted molar refractivity (Wildman–Crippen MR) is 101 cm³/mol. The van der Waals surface area contributed by atoms with Gasteiger partial charge in [0.1, 0.15) is 0 Å². The molecule has 1 aromatic rings. The molecule has 0 aromatic heterocycles. The van der Waals surface area contributed by atoms with Crippen molar-refractivity contribution in [3.63, 3.8) is 0 Å². The van der Waals surface area contributed by atoms with Crippen LogP contribution in [0.5, 0.6) is 0 Å². The van der Waals surface area contributed by atoms with E-state index >= 15 is 0 Å². The van der Waals surface area contributed by atoms with Crippen LogP contribution in [0.3, 0.4) is 0 Å². The number of carbonyl (C=O) groups is 1. The second-order valence-electron chi connectivity index (χ2n) is 8.35. The lowest BCUT2D eigenvalue weighted by Gasteiger charge is -2.29. The Labute approximate surface area is 146 Å². The van der Waals surface area contributed by atoms with Crippen LogP contribution >= 0.6 is 0 Å². The van der Waals surface area contributed by atoms with Gasteiger partial charge in [-0.05, 0) is 54.6 Å². The molecule has 0 radical (unpaired) electrons. The molecule has 3 heteroatoms. The highest BCUT2D eigenvalue weighted by Crippen LogP contribution is 2.35. The average Bonchev–Trinajstić information content (AvgIpc) is 2.85. The largest absolute Gasteiger partial charge is 0.326 e. The Balaban J connectivity index is 1.71. The summed E-state index contributed by atoms with van der Waals surface area (Å²) >= 11 is 0. The highest BCUT2D eigenvalue weighted by atomic mass is 16.1. The van der Waals surface area contributed by atoms with Gasteiger partial charge in [-0.15, -0.1) is 0 Å². The van der Waals surface area contributed by atoms with Crippen molar-refractivity contribution < 1.29 is 4.79 Å². The van der Waals surface area contributed by atoms with Crippen molar-refractivity contribution in [2.45, 2.75) is 83.7 Å². The van der Waals surface area contributed by atoms with Crippen molar-refractivity contribution in [3.05, 3.63) is 29.3 Å². The van der Waals surface area contributed by atoms with Gasteiger partial charge in [-0.1, -0.05) is 45.9 Å². The molecule has 1 amide bonds. The monoisotopic (exact) mass is 328 g/mol. The lowest BCUT2D eigenvalue weighted by atomic mass is 9.89. The van der Waals surface area contributed by atoms with E-state index in [0.717, 1.165) is 18.5 Å². The van der Waals surface area contributed by atoms with Crippen molar-refractivity contribution >= 4 is 11.6 Å². The van der Waals surface area contributed by atoms with E-state index in [1.165, 1.54) is 24.0 Å². The molecule has 2 aliphatic heterocycles. The van der Waals surface area contributed by atoms with Gasteiger partial charge in [-0.3, -0.25) is 4.79 Å². The average molecular weight is 329 g/mol. The third-order valence-electron chi connectivity index (χ3n) is 5.68. The summed E-state index contributed by atoms with van der Waals surface area (Å²) in [5, 5.41) is 6.94. The summed E-state index contributed by atoms with van der Waals surface area (Å²) in [7, 11) is 0. The number of carbonyl (C=O) groups excluding carboxylic acids is 1. The molecular weight excluding hydrogens is 296 g/mol. The number of fused-ring (bicyclic) bond motifs is 2. The summed E-state index contributed by atoms with van der Waals surface area (Å²) in [5.74, 6) is 1.55. The van der Waals surface area contributed by atoms with Crippen LogP contribution in [-0.4, -0.2) is 18.0 Å². The number of benzene rings is 1. The smallest absolute Gasteiger partial charge is 0.224 e. The van der Waals surface area contributed by atoms with Crippen LogP contribution in [0.4, 0.5) is 5.69 Å². The minimum absolute atomic E-state index is 0.191. The number of nitrogens with one attached hydrogen (secondary N) is 2. The van der Waals surface area contributed by atoms with E-state index in [9.17, 15) is 4.79 Å². The molecule has 2 aliphatic rings. The molecule has 3 nitrogen and oxygen atoms in total. The Hall–Kier alpha value is -1.35. The van der Waals surface area contributed by atoms with E-state index < -0.39 is 0 Å². The molecule has 0 spiro atoms. The minimum Gasteiger partial charge on any atom is -0.326 e. The zero-order chi connectivity index (χ0) is 17.3. The predicted octanol–water partition coefficient (Wildman–Crippen LogP) is 4.79. The van der Waals surface area contributed by atoms with Crippen LogP contribution in [-0.2, 0) is 4.79 Å². The molecule has 2 N–H and O–H groups in total. The van der Waals surface area contributed by atoms with Crippen LogP contribution in [0.2, 0.25) is 0 Å². The van der Waals surface area contributed by atoms with Gasteiger partial charge in [-0.25, -0.2) is 0 Å². The highest BCUT2D eigenvalue weighted by molar-refractivity contribution is 5.92. The molecular formula is C21H32N2O. The molecule has 2 saturated heterocycles. The van der Waals surface area contributed by atoms with Crippen molar-refractivity contribution in [3.8, 4) is 0 Å². The van der Waals surface area contributed by atoms with E-state index in [4.69, 9.17) is 0 Å². The molecule has 3 rings (SSSR count). The van der Waals surface area contributed by atoms with Gasteiger partial charge < -0.3 is 10.6 Å². The highest BCUT2D eigenvalue weighted by Gasteiger charge is 2.34. The number of rotatable bonds is 5. The number of piperidine rings is 1. The van der Waals surface area contributed by atoms with Crippen LogP contribution in [0.15, 0.2) is 18.2 Å². The van der Waals surface area contributed by atoms with E-state index in [1.807, 2.05) is 0 Å². The summed E-state index contributed by atoms with van der Waals surface area (Å²) in [6.07, 6.45) is 5.56. The third kappa shape index (κ3) is 3.83. The van der Waals surface area contributed by atoms with E-state index in [1.54, 1.807) is 0 Å². The maximum atomic E-state index is 12.7. The fraction of sp³-hybridized carbons (Fsp3) is 0.667. The van der Waals surface area contributed by atoms with Gasteiger partial charge in [0.15, 0.2) is 0 Å². The second-order valence-corrected chi connectivity index (χ2v) is 8.35. The first-order chi connectivity index (χ1) is 11.4. The van der Waals surface area contributed by atoms with Gasteiger partial charge in [-0.2, -0.15) is 0 Å². The first kappa shape index (κ1) is 17.5. The maximum Gasteiger partial charge on any atom is 0.224 e. The molecule has 2 heterocycles. The SMILES string of the molecule is CC(C)c1cccc(C(C)C)c1NC(=O)CC1CC2CCC(C1)N2. The number of anilines is 1. The Bertz CT molecular complexity index is 555. The Morgan fingerprint density at radius 1 is 1.08 bits per heavy atom. The normalized spacial score (nSPS) is 26.2. The van der Waals surface area contributed by atoms with Gasteiger partial charge in [0.2, 0.25) is 5.91 Å². The number of hydrogen-bond acceptors (Lipinski definition) is 2. The zero-order valence-corrected chi connectivity index (χ0v) is 15.6. The van der Waals surface area contributed by atoms with Gasteiger partial charge >= 0.3 is 0 Å². The summed E-state index contributed by atoms with van der Waals surface area (Å²) in [6.45, 7) is 8.78. The maximum absolute atomic E-state index is 12.7. The number of para-hydroxylation sites is 1. The lowest BCUT2D eigenvalue weighted by molar-refractivity contribution is -0.117. The van der Waals surface area contributed by atoms with Crippen LogP contribution in [0, 0.1) is 5.92 Å². The fourth-order valence-electron chi connectivity index (χ4n) is 4.49.